The SMILES string of the molecule is N[NH3+].N[NH3+].N[NH3+].N[NH3+].[O-][Ti]([O-])([O-])[O-]. The van der Waals surface area contributed by atoms with Crippen molar-refractivity contribution in [3.05, 3.63) is 0 Å². The minimum atomic E-state index is -6.00. The Morgan fingerprint density at radius 3 is 0.538 bits per heavy atom. The molecule has 0 atom stereocenters. The van der Waals surface area contributed by atoms with Crippen molar-refractivity contribution in [3.8, 4) is 0 Å². The van der Waals surface area contributed by atoms with Crippen molar-refractivity contribution in [2.75, 3.05) is 0 Å². The van der Waals surface area contributed by atoms with E-state index >= 15 is 0 Å². The van der Waals surface area contributed by atoms with Gasteiger partial charge in [0.15, 0.2) is 0 Å². The van der Waals surface area contributed by atoms with Gasteiger partial charge in [0.1, 0.15) is 0 Å². The van der Waals surface area contributed by atoms with Crippen LogP contribution >= 0.6 is 0 Å². The third kappa shape index (κ3) is 23300. The predicted octanol–water partition coefficient (Wildman–Crippen LogP) is -12.4. The fourth-order valence-electron chi connectivity index (χ4n) is 0. The molecule has 0 spiro atoms. The monoisotopic (exact) mass is 244 g/mol. The minimum absolute atomic E-state index is 2.75. The van der Waals surface area contributed by atoms with Crippen molar-refractivity contribution in [1.29, 1.82) is 0 Å². The number of rotatable bonds is 0. The summed E-state index contributed by atoms with van der Waals surface area (Å²) in [5.74, 6) is 28.0. The molecule has 0 fully saturated rings. The fraction of sp³-hybridized carbons (Fsp3) is 0. The van der Waals surface area contributed by atoms with Gasteiger partial charge in [-0.15, -0.1) is 0 Å². The third-order valence-corrected chi connectivity index (χ3v) is 0. The Morgan fingerprint density at radius 1 is 0.538 bits per heavy atom. The van der Waals surface area contributed by atoms with E-state index in [4.69, 9.17) is 14.8 Å². The first-order valence-electron chi connectivity index (χ1n) is 2.45. The number of hydrogen-bond donors (Lipinski definition) is 8. The summed E-state index contributed by atoms with van der Waals surface area (Å²) in [6, 6.07) is 0. The normalized spacial score (nSPS) is 6.46. The summed E-state index contributed by atoms with van der Waals surface area (Å²) in [5, 5.41) is 0. The zero-order chi connectivity index (χ0) is 12.5. The molecule has 0 heterocycles. The van der Waals surface area contributed by atoms with E-state index < -0.39 is 18.1 Å². The van der Waals surface area contributed by atoms with Crippen LogP contribution in [-0.4, -0.2) is 0 Å². The van der Waals surface area contributed by atoms with E-state index in [1.54, 1.807) is 0 Å². The number of hydrogen-bond acceptors (Lipinski definition) is 8. The molecular weight excluding hydrogens is 224 g/mol. The van der Waals surface area contributed by atoms with E-state index in [2.05, 4.69) is 46.7 Å². The molecule has 0 aromatic carbocycles. The van der Waals surface area contributed by atoms with Crippen molar-refractivity contribution in [1.82, 2.24) is 0 Å². The van der Waals surface area contributed by atoms with Crippen LogP contribution in [0.3, 0.4) is 0 Å². The van der Waals surface area contributed by atoms with E-state index in [1.165, 1.54) is 0 Å². The van der Waals surface area contributed by atoms with Gasteiger partial charge in [-0.05, 0) is 0 Å². The van der Waals surface area contributed by atoms with E-state index in [0.29, 0.717) is 0 Å². The number of quaternary nitrogens is 4. The summed E-state index contributed by atoms with van der Waals surface area (Å²) in [5.41, 5.74) is 0. The van der Waals surface area contributed by atoms with Gasteiger partial charge in [-0.1, -0.05) is 0 Å². The van der Waals surface area contributed by atoms with Crippen LogP contribution in [0.25, 0.3) is 0 Å². The average Bonchev–Trinajstić information content (AvgIpc) is 2.14. The van der Waals surface area contributed by atoms with Gasteiger partial charge in [0.05, 0.1) is 0 Å². The van der Waals surface area contributed by atoms with Gasteiger partial charge < -0.3 is 0 Å². The van der Waals surface area contributed by atoms with Crippen LogP contribution in [0.1, 0.15) is 0 Å². The molecule has 20 N–H and O–H groups in total. The van der Waals surface area contributed by atoms with Crippen LogP contribution in [0.2, 0.25) is 0 Å². The maximum atomic E-state index is 8.62. The summed E-state index contributed by atoms with van der Waals surface area (Å²) in [7, 11) is 0. The van der Waals surface area contributed by atoms with Gasteiger partial charge in [0.25, 0.3) is 0 Å². The van der Waals surface area contributed by atoms with Crippen molar-refractivity contribution in [2.24, 2.45) is 23.4 Å². The summed E-state index contributed by atoms with van der Waals surface area (Å²) in [6.45, 7) is 0. The first kappa shape index (κ1) is 29.2. The standard InChI is InChI=1S/4H4N2.4O.Ti/c4*1-2;;;;;/h4*1-2H2;;;;;/q;;;;4*-1;/p+4. The Hall–Kier alpha value is 0.234. The van der Waals surface area contributed by atoms with E-state index in [1.807, 2.05) is 0 Å². The Balaban J connectivity index is -0.0000000230. The zero-order valence-electron chi connectivity index (χ0n) is 7.27. The Labute approximate surface area is 80.2 Å². The summed E-state index contributed by atoms with van der Waals surface area (Å²) in [6.07, 6.45) is 0. The Bertz CT molecular complexity index is 31.6. The molecule has 0 aliphatic carbocycles. The molecule has 0 saturated carbocycles. The fourth-order valence-corrected chi connectivity index (χ4v) is 0. The molecule has 13 heteroatoms. The molecule has 0 aliphatic heterocycles. The molecule has 0 aromatic heterocycles. The second kappa shape index (κ2) is 39.7. The molecule has 0 bridgehead atoms. The van der Waals surface area contributed by atoms with Crippen LogP contribution in [-0.2, 0) is 18.1 Å². The van der Waals surface area contributed by atoms with E-state index in [9.17, 15) is 0 Å². The molecule has 0 aliphatic rings. The molecule has 0 aromatic rings. The van der Waals surface area contributed by atoms with Gasteiger partial charge in [0, 0.05) is 0 Å². The first-order valence-corrected chi connectivity index (χ1v) is 5.00. The van der Waals surface area contributed by atoms with Gasteiger partial charge >= 0.3 is 32.9 Å². The van der Waals surface area contributed by atoms with Gasteiger partial charge in [0.2, 0.25) is 0 Å². The molecular formula is H20N8O4Ti. The second-order valence-corrected chi connectivity index (χ2v) is 2.06. The molecule has 0 rings (SSSR count). The Kier molecular flexibility index (Phi) is 89.3. The number of nitrogens with two attached hydrogens (primary N) is 4. The topological polar surface area (TPSA) is 307 Å². The zero-order valence-corrected chi connectivity index (χ0v) is 8.83. The Morgan fingerprint density at radius 2 is 0.538 bits per heavy atom. The van der Waals surface area contributed by atoms with Crippen molar-refractivity contribution >= 4 is 0 Å². The average molecular weight is 244 g/mol. The van der Waals surface area contributed by atoms with E-state index in [0.717, 1.165) is 0 Å². The van der Waals surface area contributed by atoms with Crippen molar-refractivity contribution < 1.29 is 56.3 Å². The van der Waals surface area contributed by atoms with Crippen LogP contribution in [0.15, 0.2) is 0 Å². The molecule has 12 nitrogen and oxygen atoms in total. The van der Waals surface area contributed by atoms with Crippen LogP contribution in [0.5, 0.6) is 0 Å². The third-order valence-electron chi connectivity index (χ3n) is 0. The quantitative estimate of drug-likeness (QED) is 0.114. The van der Waals surface area contributed by atoms with Gasteiger partial charge in [-0.2, -0.15) is 23.4 Å². The predicted molar refractivity (Wildman–Crippen MR) is 28.3 cm³/mol. The van der Waals surface area contributed by atoms with Crippen molar-refractivity contribution in [2.45, 2.75) is 0 Å². The van der Waals surface area contributed by atoms with Gasteiger partial charge in [-0.25, -0.2) is 0 Å². The second-order valence-electron chi connectivity index (χ2n) is 0.500. The molecule has 88 valence electrons. The first-order chi connectivity index (χ1) is 6.00. The van der Waals surface area contributed by atoms with Crippen LogP contribution in [0.4, 0.5) is 0 Å². The van der Waals surface area contributed by atoms with Crippen molar-refractivity contribution in [3.63, 3.8) is 0 Å². The molecule has 0 saturated heterocycles. The van der Waals surface area contributed by atoms with E-state index in [-0.39, 0.29) is 0 Å². The summed E-state index contributed by atoms with van der Waals surface area (Å²) < 4.78 is 34.5. The molecule has 13 heavy (non-hydrogen) atoms. The molecule has 0 unspecified atom stereocenters. The summed E-state index contributed by atoms with van der Waals surface area (Å²) >= 11 is -6.00. The summed E-state index contributed by atoms with van der Waals surface area (Å²) in [4.78, 5) is 0. The van der Waals surface area contributed by atoms with Gasteiger partial charge in [-0.3, -0.25) is 23.4 Å². The maximum absolute atomic E-state index is 8.62. The molecule has 0 radical (unpaired) electrons. The van der Waals surface area contributed by atoms with Crippen LogP contribution in [0, 0.1) is 0 Å². The van der Waals surface area contributed by atoms with Crippen LogP contribution < -0.4 is 61.5 Å². The molecule has 0 amide bonds.